The lowest BCUT2D eigenvalue weighted by molar-refractivity contribution is -0.281. The minimum Gasteiger partial charge on any atom is -0.481 e. The molecule has 0 aromatic rings. The first-order valence-corrected chi connectivity index (χ1v) is 9.22. The van der Waals surface area contributed by atoms with E-state index in [1.54, 1.807) is 0 Å². The molecule has 22 heavy (non-hydrogen) atoms. The summed E-state index contributed by atoms with van der Waals surface area (Å²) in [7, 11) is 0. The van der Waals surface area contributed by atoms with Gasteiger partial charge in [0, 0.05) is 6.42 Å². The highest BCUT2D eigenvalue weighted by atomic mass is 17.1. The van der Waals surface area contributed by atoms with Crippen molar-refractivity contribution >= 4 is 5.97 Å². The summed E-state index contributed by atoms with van der Waals surface area (Å²) in [5.74, 6) is -0.681. The number of aliphatic carboxylic acids is 1. The van der Waals surface area contributed by atoms with Crippen molar-refractivity contribution in [3.63, 3.8) is 0 Å². The van der Waals surface area contributed by atoms with Gasteiger partial charge in [-0.3, -0.25) is 10.1 Å². The molecular formula is C18H36O4. The highest BCUT2D eigenvalue weighted by Crippen LogP contribution is 2.15. The van der Waals surface area contributed by atoms with E-state index in [1.807, 2.05) is 0 Å². The zero-order valence-electron chi connectivity index (χ0n) is 14.4. The molecule has 0 saturated carbocycles. The maximum absolute atomic E-state index is 10.4. The number of carboxylic acid groups (broad SMARTS) is 1. The van der Waals surface area contributed by atoms with Crippen molar-refractivity contribution in [2.24, 2.45) is 0 Å². The number of rotatable bonds is 17. The van der Waals surface area contributed by atoms with E-state index in [9.17, 15) is 4.79 Å². The molecule has 0 aromatic carbocycles. The van der Waals surface area contributed by atoms with Crippen LogP contribution in [0, 0.1) is 0 Å². The van der Waals surface area contributed by atoms with Gasteiger partial charge in [0.25, 0.3) is 0 Å². The van der Waals surface area contributed by atoms with Crippen molar-refractivity contribution in [3.8, 4) is 0 Å². The smallest absolute Gasteiger partial charge is 0.303 e. The van der Waals surface area contributed by atoms with Crippen molar-refractivity contribution in [2.75, 3.05) is 0 Å². The molecule has 0 aliphatic heterocycles. The van der Waals surface area contributed by atoms with Gasteiger partial charge in [0.05, 0.1) is 6.10 Å². The normalized spacial score (nSPS) is 12.5. The summed E-state index contributed by atoms with van der Waals surface area (Å²) in [6.07, 6.45) is 16.2. The van der Waals surface area contributed by atoms with Gasteiger partial charge in [-0.1, -0.05) is 77.6 Å². The minimum absolute atomic E-state index is 0.0285. The molecule has 4 nitrogen and oxygen atoms in total. The molecule has 0 heterocycles. The molecule has 0 fully saturated rings. The maximum atomic E-state index is 10.4. The van der Waals surface area contributed by atoms with E-state index < -0.39 is 5.97 Å². The zero-order valence-corrected chi connectivity index (χ0v) is 14.4. The number of carboxylic acids is 1. The largest absolute Gasteiger partial charge is 0.481 e. The second-order valence-electron chi connectivity index (χ2n) is 6.34. The van der Waals surface area contributed by atoms with Gasteiger partial charge in [-0.2, -0.15) is 0 Å². The second kappa shape index (κ2) is 16.8. The number of hydrogen-bond donors (Lipinski definition) is 2. The fraction of sp³-hybridized carbons (Fsp3) is 0.944. The van der Waals surface area contributed by atoms with Crippen molar-refractivity contribution < 1.29 is 20.0 Å². The molecular weight excluding hydrogens is 280 g/mol. The van der Waals surface area contributed by atoms with Gasteiger partial charge < -0.3 is 5.11 Å². The summed E-state index contributed by atoms with van der Waals surface area (Å²) in [4.78, 5) is 14.9. The molecule has 0 radical (unpaired) electrons. The van der Waals surface area contributed by atoms with Crippen LogP contribution in [0.25, 0.3) is 0 Å². The summed E-state index contributed by atoms with van der Waals surface area (Å²) in [5, 5.41) is 17.4. The Balaban J connectivity index is 3.22. The molecule has 0 amide bonds. The Morgan fingerprint density at radius 3 is 1.73 bits per heavy atom. The first-order chi connectivity index (χ1) is 10.7. The van der Waals surface area contributed by atoms with E-state index in [0.29, 0.717) is 6.42 Å². The topological polar surface area (TPSA) is 66.8 Å². The van der Waals surface area contributed by atoms with Crippen molar-refractivity contribution in [2.45, 2.75) is 109 Å². The average molecular weight is 316 g/mol. The Bertz CT molecular complexity index is 243. The fourth-order valence-electron chi connectivity index (χ4n) is 2.76. The third-order valence-corrected chi connectivity index (χ3v) is 4.20. The third-order valence-electron chi connectivity index (χ3n) is 4.20. The van der Waals surface area contributed by atoms with Crippen LogP contribution < -0.4 is 0 Å². The van der Waals surface area contributed by atoms with Crippen LogP contribution in [-0.2, 0) is 9.68 Å². The van der Waals surface area contributed by atoms with Crippen LogP contribution in [-0.4, -0.2) is 22.4 Å². The van der Waals surface area contributed by atoms with Crippen LogP contribution in [0.3, 0.4) is 0 Å². The number of hydrogen-bond acceptors (Lipinski definition) is 3. The van der Waals surface area contributed by atoms with E-state index in [4.69, 9.17) is 10.4 Å². The average Bonchev–Trinajstić information content (AvgIpc) is 2.50. The van der Waals surface area contributed by atoms with Gasteiger partial charge >= 0.3 is 5.97 Å². The Hall–Kier alpha value is -0.610. The summed E-state index contributed by atoms with van der Waals surface area (Å²) in [6.45, 7) is 2.18. The maximum Gasteiger partial charge on any atom is 0.303 e. The van der Waals surface area contributed by atoms with Crippen LogP contribution in [0.4, 0.5) is 0 Å². The predicted molar refractivity (Wildman–Crippen MR) is 90.1 cm³/mol. The highest BCUT2D eigenvalue weighted by molar-refractivity contribution is 5.66. The molecule has 1 unspecified atom stereocenters. The SMILES string of the molecule is CCCCCC(CCCCCCCCCCCC(=O)O)OO. The van der Waals surface area contributed by atoms with Gasteiger partial charge in [0.15, 0.2) is 0 Å². The first-order valence-electron chi connectivity index (χ1n) is 9.22. The molecule has 0 spiro atoms. The predicted octanol–water partition coefficient (Wildman–Crippen LogP) is 5.80. The molecule has 0 aliphatic rings. The van der Waals surface area contributed by atoms with Crippen molar-refractivity contribution in [3.05, 3.63) is 0 Å². The standard InChI is InChI=1S/C18H36O4/c1-2-3-11-14-17(22-21)15-12-9-7-5-4-6-8-10-13-16-18(19)20/h17,21H,2-16H2,1H3,(H,19,20). The fourth-order valence-corrected chi connectivity index (χ4v) is 2.76. The molecule has 2 N–H and O–H groups in total. The van der Waals surface area contributed by atoms with Gasteiger partial charge in [0.1, 0.15) is 0 Å². The molecule has 0 aliphatic carbocycles. The molecule has 1 atom stereocenters. The van der Waals surface area contributed by atoms with E-state index in [-0.39, 0.29) is 6.10 Å². The second-order valence-corrected chi connectivity index (χ2v) is 6.34. The summed E-state index contributed by atoms with van der Waals surface area (Å²) in [6, 6.07) is 0. The monoisotopic (exact) mass is 316 g/mol. The van der Waals surface area contributed by atoms with E-state index in [0.717, 1.165) is 44.9 Å². The molecule has 0 bridgehead atoms. The van der Waals surface area contributed by atoms with Crippen LogP contribution in [0.1, 0.15) is 103 Å². The van der Waals surface area contributed by atoms with Crippen LogP contribution in [0.15, 0.2) is 0 Å². The number of unbranched alkanes of at least 4 members (excludes halogenated alkanes) is 10. The Kier molecular flexibility index (Phi) is 16.3. The third kappa shape index (κ3) is 15.8. The van der Waals surface area contributed by atoms with Gasteiger partial charge in [-0.25, -0.2) is 4.89 Å². The lowest BCUT2D eigenvalue weighted by atomic mass is 10.0. The van der Waals surface area contributed by atoms with Gasteiger partial charge in [-0.15, -0.1) is 0 Å². The molecule has 0 rings (SSSR count). The molecule has 132 valence electrons. The zero-order chi connectivity index (χ0) is 16.5. The van der Waals surface area contributed by atoms with Crippen molar-refractivity contribution in [1.82, 2.24) is 0 Å². The lowest BCUT2D eigenvalue weighted by Crippen LogP contribution is -2.10. The van der Waals surface area contributed by atoms with E-state index in [1.165, 1.54) is 44.9 Å². The molecule has 0 saturated heterocycles. The van der Waals surface area contributed by atoms with Crippen LogP contribution >= 0.6 is 0 Å². The quantitative estimate of drug-likeness (QED) is 0.202. The molecule has 4 heteroatoms. The van der Waals surface area contributed by atoms with E-state index in [2.05, 4.69) is 11.8 Å². The van der Waals surface area contributed by atoms with Crippen LogP contribution in [0.5, 0.6) is 0 Å². The Morgan fingerprint density at radius 1 is 0.818 bits per heavy atom. The number of carbonyl (C=O) groups is 1. The highest BCUT2D eigenvalue weighted by Gasteiger charge is 2.07. The Morgan fingerprint density at radius 2 is 1.27 bits per heavy atom. The lowest BCUT2D eigenvalue weighted by Gasteiger charge is -2.12. The summed E-state index contributed by atoms with van der Waals surface area (Å²) in [5.41, 5.74) is 0. The minimum atomic E-state index is -0.681. The van der Waals surface area contributed by atoms with Gasteiger partial charge in [-0.05, 0) is 19.3 Å². The molecule has 0 aromatic heterocycles. The van der Waals surface area contributed by atoms with Crippen LogP contribution in [0.2, 0.25) is 0 Å². The van der Waals surface area contributed by atoms with Crippen molar-refractivity contribution in [1.29, 1.82) is 0 Å². The summed E-state index contributed by atoms with van der Waals surface area (Å²) >= 11 is 0. The summed E-state index contributed by atoms with van der Waals surface area (Å²) < 4.78 is 0. The van der Waals surface area contributed by atoms with E-state index >= 15 is 0 Å². The van der Waals surface area contributed by atoms with Gasteiger partial charge in [0.2, 0.25) is 0 Å². The Labute approximate surface area is 136 Å². The first kappa shape index (κ1) is 21.4.